The van der Waals surface area contributed by atoms with Gasteiger partial charge in [0.05, 0.1) is 11.0 Å². The van der Waals surface area contributed by atoms with Crippen molar-refractivity contribution in [1.82, 2.24) is 9.13 Å². The summed E-state index contributed by atoms with van der Waals surface area (Å²) in [7, 11) is 1.21. The lowest BCUT2D eigenvalue weighted by atomic mass is 9.98. The minimum absolute atomic E-state index is 0.132. The number of rotatable bonds is 7. The van der Waals surface area contributed by atoms with E-state index in [9.17, 15) is 28.8 Å². The van der Waals surface area contributed by atoms with Crippen molar-refractivity contribution in [3.05, 3.63) is 32.6 Å². The van der Waals surface area contributed by atoms with Crippen LogP contribution in [0.5, 0.6) is 0 Å². The molecule has 2 heterocycles. The van der Waals surface area contributed by atoms with Gasteiger partial charge in [-0.1, -0.05) is 0 Å². The highest BCUT2D eigenvalue weighted by molar-refractivity contribution is 5.75. The zero-order valence-electron chi connectivity index (χ0n) is 20.7. The first-order valence-corrected chi connectivity index (χ1v) is 10.7. The summed E-state index contributed by atoms with van der Waals surface area (Å²) in [5.41, 5.74) is -2.50. The van der Waals surface area contributed by atoms with Gasteiger partial charge >= 0.3 is 29.6 Å². The lowest BCUT2D eigenvalue weighted by Crippen LogP contribution is -2.43. The van der Waals surface area contributed by atoms with Crippen LogP contribution in [0.25, 0.3) is 0 Å². The Balaban J connectivity index is 2.53. The average molecular weight is 498 g/mol. The monoisotopic (exact) mass is 498 g/mol. The maximum absolute atomic E-state index is 13.0. The molecule has 0 spiro atoms. The highest BCUT2D eigenvalue weighted by atomic mass is 16.6. The van der Waals surface area contributed by atoms with Gasteiger partial charge in [-0.05, 0) is 20.8 Å². The molecule has 1 saturated heterocycles. The smallest absolute Gasteiger partial charge is 0.333 e. The van der Waals surface area contributed by atoms with Crippen LogP contribution in [-0.2, 0) is 56.6 Å². The molecule has 0 saturated carbocycles. The van der Waals surface area contributed by atoms with Crippen molar-refractivity contribution in [2.24, 2.45) is 12.5 Å². The highest BCUT2D eigenvalue weighted by Crippen LogP contribution is 2.36. The minimum atomic E-state index is -1.30. The maximum atomic E-state index is 13.0. The van der Waals surface area contributed by atoms with Gasteiger partial charge in [0.1, 0.15) is 18.8 Å². The van der Waals surface area contributed by atoms with Gasteiger partial charge in [0.25, 0.3) is 5.56 Å². The molecule has 1 fully saturated rings. The summed E-state index contributed by atoms with van der Waals surface area (Å²) in [4.78, 5) is 72.6. The van der Waals surface area contributed by atoms with Crippen LogP contribution < -0.4 is 11.2 Å². The molecule has 1 unspecified atom stereocenters. The van der Waals surface area contributed by atoms with Crippen LogP contribution in [-0.4, -0.2) is 57.9 Å². The molecule has 13 nitrogen and oxygen atoms in total. The summed E-state index contributed by atoms with van der Waals surface area (Å²) in [6, 6.07) is 0. The molecule has 0 aliphatic carbocycles. The van der Waals surface area contributed by atoms with E-state index in [1.54, 1.807) is 20.8 Å². The topological polar surface area (TPSA) is 158 Å². The normalized spacial score (nSPS) is 21.8. The van der Waals surface area contributed by atoms with Gasteiger partial charge in [-0.15, -0.1) is 0 Å². The van der Waals surface area contributed by atoms with Crippen LogP contribution in [0.1, 0.15) is 53.2 Å². The molecule has 0 N–H and O–H groups in total. The van der Waals surface area contributed by atoms with E-state index in [4.69, 9.17) is 23.7 Å². The summed E-state index contributed by atoms with van der Waals surface area (Å²) in [5, 5.41) is 0. The number of nitrogens with zero attached hydrogens (tertiary/aromatic N) is 2. The molecule has 0 bridgehead atoms. The third kappa shape index (κ3) is 6.78. The standard InChI is InChI=1S/C22H30N2O11/c1-11(25)31-9-15-17(33-12(2)26)18(34-13(3)27)16(35-15)14-8-24(21(30)23(7)19(14)28)10-32-20(29)22(4,5)6/h8,15-18H,9-10H2,1-7H3/t15-,16+,17?,18-/m1/s1. The van der Waals surface area contributed by atoms with E-state index >= 15 is 0 Å². The van der Waals surface area contributed by atoms with Crippen molar-refractivity contribution in [3.63, 3.8) is 0 Å². The number of hydrogen-bond acceptors (Lipinski definition) is 11. The van der Waals surface area contributed by atoms with Gasteiger partial charge in [-0.2, -0.15) is 0 Å². The lowest BCUT2D eigenvalue weighted by Gasteiger charge is -2.23. The number of esters is 4. The Labute approximate surface area is 200 Å². The summed E-state index contributed by atoms with van der Waals surface area (Å²) in [5.74, 6) is -2.69. The molecule has 1 aliphatic heterocycles. The van der Waals surface area contributed by atoms with E-state index in [1.807, 2.05) is 0 Å². The maximum Gasteiger partial charge on any atom is 0.333 e. The summed E-state index contributed by atoms with van der Waals surface area (Å²) < 4.78 is 28.4. The first kappa shape index (κ1) is 27.8. The number of carbonyl (C=O) groups is 4. The van der Waals surface area contributed by atoms with Crippen LogP contribution in [0.4, 0.5) is 0 Å². The number of ether oxygens (including phenoxy) is 5. The first-order chi connectivity index (χ1) is 16.1. The molecule has 2 rings (SSSR count). The summed E-state index contributed by atoms with van der Waals surface area (Å²) in [6.45, 7) is 7.48. The predicted molar refractivity (Wildman–Crippen MR) is 117 cm³/mol. The third-order valence-corrected chi connectivity index (χ3v) is 5.00. The summed E-state index contributed by atoms with van der Waals surface area (Å²) >= 11 is 0. The van der Waals surface area contributed by atoms with Gasteiger partial charge < -0.3 is 23.7 Å². The molecule has 13 heteroatoms. The van der Waals surface area contributed by atoms with E-state index in [-0.39, 0.29) is 12.2 Å². The van der Waals surface area contributed by atoms with Crippen LogP contribution >= 0.6 is 0 Å². The van der Waals surface area contributed by atoms with Crippen molar-refractivity contribution in [2.45, 2.75) is 72.7 Å². The van der Waals surface area contributed by atoms with Crippen LogP contribution in [0.3, 0.4) is 0 Å². The molecule has 194 valence electrons. The van der Waals surface area contributed by atoms with Crippen molar-refractivity contribution in [2.75, 3.05) is 6.61 Å². The number of hydrogen-bond donors (Lipinski definition) is 0. The zero-order chi connectivity index (χ0) is 26.7. The Morgan fingerprint density at radius 3 is 2.03 bits per heavy atom. The largest absolute Gasteiger partial charge is 0.463 e. The SMILES string of the molecule is CC(=O)OC[C@H]1O[C@@H](c2cn(COC(=O)C(C)(C)C)c(=O)n(C)c2=O)[C@@H](OC(C)=O)C1OC(C)=O. The molecule has 35 heavy (non-hydrogen) atoms. The van der Waals surface area contributed by atoms with Crippen molar-refractivity contribution >= 4 is 23.9 Å². The van der Waals surface area contributed by atoms with E-state index in [1.165, 1.54) is 14.0 Å². The molecule has 1 aromatic rings. The number of aromatic nitrogens is 2. The van der Waals surface area contributed by atoms with Crippen LogP contribution in [0, 0.1) is 5.41 Å². The van der Waals surface area contributed by atoms with E-state index < -0.39 is 71.7 Å². The second-order valence-electron chi connectivity index (χ2n) is 9.06. The zero-order valence-corrected chi connectivity index (χ0v) is 20.7. The van der Waals surface area contributed by atoms with Gasteiger partial charge in [-0.3, -0.25) is 33.1 Å². The third-order valence-electron chi connectivity index (χ3n) is 5.00. The predicted octanol–water partition coefficient (Wildman–Crippen LogP) is -0.0398. The second kappa shape index (κ2) is 10.8. The first-order valence-electron chi connectivity index (χ1n) is 10.7. The van der Waals surface area contributed by atoms with Crippen LogP contribution in [0.15, 0.2) is 15.8 Å². The van der Waals surface area contributed by atoms with Crippen molar-refractivity contribution in [3.8, 4) is 0 Å². The van der Waals surface area contributed by atoms with Gasteiger partial charge in [-0.25, -0.2) is 4.79 Å². The van der Waals surface area contributed by atoms with Gasteiger partial charge in [0, 0.05) is 34.0 Å². The molecular weight excluding hydrogens is 468 g/mol. The molecule has 0 aromatic carbocycles. The molecule has 1 aromatic heterocycles. The Morgan fingerprint density at radius 1 is 0.943 bits per heavy atom. The molecule has 0 amide bonds. The van der Waals surface area contributed by atoms with E-state index in [2.05, 4.69) is 0 Å². The minimum Gasteiger partial charge on any atom is -0.463 e. The van der Waals surface area contributed by atoms with Gasteiger partial charge in [0.15, 0.2) is 18.9 Å². The quantitative estimate of drug-likeness (QED) is 0.367. The molecule has 0 radical (unpaired) electrons. The van der Waals surface area contributed by atoms with Crippen molar-refractivity contribution < 1.29 is 42.9 Å². The van der Waals surface area contributed by atoms with Gasteiger partial charge in [0.2, 0.25) is 0 Å². The Morgan fingerprint density at radius 2 is 1.51 bits per heavy atom. The second-order valence-corrected chi connectivity index (χ2v) is 9.06. The highest BCUT2D eigenvalue weighted by Gasteiger charge is 2.51. The number of carbonyl (C=O) groups excluding carboxylic acids is 4. The lowest BCUT2D eigenvalue weighted by molar-refractivity contribution is -0.165. The molecule has 1 aliphatic rings. The molecule has 4 atom stereocenters. The Kier molecular flexibility index (Phi) is 8.60. The Hall–Kier alpha value is -3.48. The average Bonchev–Trinajstić information content (AvgIpc) is 3.05. The fraction of sp³-hybridized carbons (Fsp3) is 0.636. The Bertz CT molecular complexity index is 1110. The fourth-order valence-corrected chi connectivity index (χ4v) is 3.35. The summed E-state index contributed by atoms with van der Waals surface area (Å²) in [6.07, 6.45) is -3.77. The van der Waals surface area contributed by atoms with E-state index in [0.717, 1.165) is 29.2 Å². The van der Waals surface area contributed by atoms with Crippen molar-refractivity contribution in [1.29, 1.82) is 0 Å². The van der Waals surface area contributed by atoms with E-state index in [0.29, 0.717) is 0 Å². The molecular formula is C22H30N2O11. The van der Waals surface area contributed by atoms with Crippen LogP contribution in [0.2, 0.25) is 0 Å². The fourth-order valence-electron chi connectivity index (χ4n) is 3.35.